The van der Waals surface area contributed by atoms with E-state index in [-0.39, 0.29) is 25.5 Å². The van der Waals surface area contributed by atoms with Crippen molar-refractivity contribution in [3.8, 4) is 0 Å². The van der Waals surface area contributed by atoms with Crippen molar-refractivity contribution in [2.45, 2.75) is 23.7 Å². The molecule has 21 heavy (non-hydrogen) atoms. The molecule has 0 unspecified atom stereocenters. The maximum atomic E-state index is 12.2. The van der Waals surface area contributed by atoms with Gasteiger partial charge in [0.1, 0.15) is 9.77 Å². The molecule has 0 spiro atoms. The highest BCUT2D eigenvalue weighted by molar-refractivity contribution is 9.11. The van der Waals surface area contributed by atoms with Gasteiger partial charge in [-0.15, -0.1) is 16.4 Å². The predicted molar refractivity (Wildman–Crippen MR) is 76.1 cm³/mol. The normalized spacial score (nSPS) is 15.1. The highest BCUT2D eigenvalue weighted by Gasteiger charge is 2.31. The van der Waals surface area contributed by atoms with Gasteiger partial charge in [-0.25, -0.2) is 17.9 Å². The first kappa shape index (κ1) is 14.5. The number of hydrogen-bond donors (Lipinski definition) is 2. The van der Waals surface area contributed by atoms with E-state index in [1.54, 1.807) is 0 Å². The largest absolute Gasteiger partial charge is 0.477 e. The van der Waals surface area contributed by atoms with Crippen LogP contribution in [0.25, 0.3) is 0 Å². The fourth-order valence-electron chi connectivity index (χ4n) is 1.58. The molecule has 1 fully saturated rings. The van der Waals surface area contributed by atoms with Crippen molar-refractivity contribution in [3.63, 3.8) is 0 Å². The molecule has 1 aliphatic rings. The second kappa shape index (κ2) is 5.07. The molecule has 2 aromatic heterocycles. The minimum Gasteiger partial charge on any atom is -0.477 e. The van der Waals surface area contributed by atoms with E-state index in [9.17, 15) is 13.2 Å². The molecule has 0 saturated heterocycles. The number of carbonyl (C=O) groups is 1. The zero-order valence-corrected chi connectivity index (χ0v) is 13.5. The lowest BCUT2D eigenvalue weighted by Crippen LogP contribution is -2.13. The smallest absolute Gasteiger partial charge is 0.345 e. The molecule has 1 aliphatic carbocycles. The molecule has 2 aromatic rings. The minimum atomic E-state index is -3.99. The summed E-state index contributed by atoms with van der Waals surface area (Å²) >= 11 is 3.85. The summed E-state index contributed by atoms with van der Waals surface area (Å²) in [4.78, 5) is 10.6. The number of halogens is 1. The van der Waals surface area contributed by atoms with Crippen LogP contribution in [0.15, 0.2) is 19.2 Å². The maximum Gasteiger partial charge on any atom is 0.345 e. The van der Waals surface area contributed by atoms with Crippen LogP contribution in [0.1, 0.15) is 34.3 Å². The average Bonchev–Trinajstić information content (AvgIpc) is 3.01. The Morgan fingerprint density at radius 2 is 2.19 bits per heavy atom. The number of rotatable bonds is 5. The lowest BCUT2D eigenvalue weighted by molar-refractivity contribution is 0.0702. The molecule has 2 heterocycles. The molecule has 0 aromatic carbocycles. The second-order valence-electron chi connectivity index (χ2n) is 4.38. The van der Waals surface area contributed by atoms with E-state index in [4.69, 9.17) is 9.52 Å². The lowest BCUT2D eigenvalue weighted by Gasteiger charge is -2.01. The fourth-order valence-corrected chi connectivity index (χ4v) is 4.91. The summed E-state index contributed by atoms with van der Waals surface area (Å²) in [7, 11) is -3.99. The van der Waals surface area contributed by atoms with Crippen molar-refractivity contribution in [2.24, 2.45) is 0 Å². The van der Waals surface area contributed by atoms with Gasteiger partial charge in [-0.05, 0) is 34.8 Å². The van der Waals surface area contributed by atoms with Crippen molar-refractivity contribution in [1.29, 1.82) is 0 Å². The van der Waals surface area contributed by atoms with Crippen LogP contribution in [0, 0.1) is 0 Å². The third-order valence-electron chi connectivity index (χ3n) is 2.74. The second-order valence-corrected chi connectivity index (χ2v) is 8.40. The van der Waals surface area contributed by atoms with Crippen molar-refractivity contribution in [3.05, 3.63) is 20.6 Å². The first-order chi connectivity index (χ1) is 9.87. The minimum absolute atomic E-state index is 0.0913. The van der Waals surface area contributed by atoms with Gasteiger partial charge >= 0.3 is 12.0 Å². The van der Waals surface area contributed by atoms with E-state index in [1.807, 2.05) is 0 Å². The third-order valence-corrected chi connectivity index (χ3v) is 6.30. The Balaban J connectivity index is 1.87. The summed E-state index contributed by atoms with van der Waals surface area (Å²) in [6.45, 7) is 0. The Hall–Kier alpha value is -1.46. The molecular formula is C10H8BrN3O5S2. The number of hydrogen-bond acceptors (Lipinski definition) is 7. The summed E-state index contributed by atoms with van der Waals surface area (Å²) in [6.07, 6.45) is 1.90. The Morgan fingerprint density at radius 3 is 2.76 bits per heavy atom. The zero-order valence-electron chi connectivity index (χ0n) is 10.2. The summed E-state index contributed by atoms with van der Waals surface area (Å²) in [5, 5.41) is 16.3. The molecule has 112 valence electrons. The van der Waals surface area contributed by atoms with Crippen molar-refractivity contribution in [1.82, 2.24) is 10.2 Å². The third kappa shape index (κ3) is 2.94. The molecular weight excluding hydrogens is 386 g/mol. The Labute approximate surface area is 131 Å². The molecule has 0 atom stereocenters. The Bertz CT molecular complexity index is 809. The highest BCUT2D eigenvalue weighted by atomic mass is 79.9. The molecule has 11 heteroatoms. The highest BCUT2D eigenvalue weighted by Crippen LogP contribution is 2.40. The van der Waals surface area contributed by atoms with Gasteiger partial charge in [-0.2, -0.15) is 0 Å². The molecule has 0 radical (unpaired) electrons. The number of thiophene rings is 1. The SMILES string of the molecule is O=C(O)c1cc(S(=O)(=O)Nc2nnc(C3CC3)o2)c(Br)s1. The van der Waals surface area contributed by atoms with Crippen LogP contribution in [0.3, 0.4) is 0 Å². The number of carboxylic acids is 1. The van der Waals surface area contributed by atoms with E-state index in [2.05, 4.69) is 30.8 Å². The van der Waals surface area contributed by atoms with E-state index in [0.29, 0.717) is 5.89 Å². The monoisotopic (exact) mass is 393 g/mol. The topological polar surface area (TPSA) is 122 Å². The van der Waals surface area contributed by atoms with Gasteiger partial charge in [0.05, 0.1) is 3.79 Å². The fraction of sp³-hybridized carbons (Fsp3) is 0.300. The number of aromatic nitrogens is 2. The van der Waals surface area contributed by atoms with E-state index < -0.39 is 16.0 Å². The Morgan fingerprint density at radius 1 is 1.48 bits per heavy atom. The zero-order chi connectivity index (χ0) is 15.2. The quantitative estimate of drug-likeness (QED) is 0.798. The van der Waals surface area contributed by atoms with Crippen LogP contribution in [0.2, 0.25) is 0 Å². The van der Waals surface area contributed by atoms with Crippen LogP contribution in [0.5, 0.6) is 0 Å². The summed E-state index contributed by atoms with van der Waals surface area (Å²) in [5.41, 5.74) is 0. The summed E-state index contributed by atoms with van der Waals surface area (Å²) in [5.74, 6) is -0.582. The molecule has 8 nitrogen and oxygen atoms in total. The van der Waals surface area contributed by atoms with Gasteiger partial charge in [0.2, 0.25) is 5.89 Å². The van der Waals surface area contributed by atoms with Crippen LogP contribution in [0.4, 0.5) is 6.01 Å². The first-order valence-electron chi connectivity index (χ1n) is 5.75. The van der Waals surface area contributed by atoms with Gasteiger partial charge in [-0.1, -0.05) is 5.10 Å². The molecule has 0 amide bonds. The lowest BCUT2D eigenvalue weighted by atomic mass is 10.4. The number of aromatic carboxylic acids is 1. The molecule has 2 N–H and O–H groups in total. The van der Waals surface area contributed by atoms with E-state index in [1.165, 1.54) is 0 Å². The van der Waals surface area contributed by atoms with E-state index in [0.717, 1.165) is 30.2 Å². The van der Waals surface area contributed by atoms with Gasteiger partial charge in [0.15, 0.2) is 0 Å². The standard InChI is InChI=1S/C10H8BrN3O5S2/c11-7-6(3-5(20-7)9(15)16)21(17,18)14-10-13-12-8(19-10)4-1-2-4/h3-4H,1-2H2,(H,13,14)(H,15,16). The van der Waals surface area contributed by atoms with Crippen LogP contribution in [-0.2, 0) is 10.0 Å². The van der Waals surface area contributed by atoms with Gasteiger partial charge < -0.3 is 9.52 Å². The van der Waals surface area contributed by atoms with Crippen LogP contribution < -0.4 is 4.72 Å². The van der Waals surface area contributed by atoms with Crippen LogP contribution in [-0.4, -0.2) is 29.7 Å². The predicted octanol–water partition coefficient (Wildman–Crippen LogP) is 2.27. The van der Waals surface area contributed by atoms with Gasteiger partial charge in [0, 0.05) is 5.92 Å². The van der Waals surface area contributed by atoms with Gasteiger partial charge in [-0.3, -0.25) is 0 Å². The number of anilines is 1. The molecule has 0 aliphatic heterocycles. The number of nitrogens with zero attached hydrogens (tertiary/aromatic N) is 2. The van der Waals surface area contributed by atoms with Crippen molar-refractivity contribution < 1.29 is 22.7 Å². The van der Waals surface area contributed by atoms with Crippen LogP contribution >= 0.6 is 27.3 Å². The number of nitrogens with one attached hydrogen (secondary N) is 1. The molecule has 0 bridgehead atoms. The average molecular weight is 394 g/mol. The van der Waals surface area contributed by atoms with Gasteiger partial charge in [0.25, 0.3) is 10.0 Å². The summed E-state index contributed by atoms with van der Waals surface area (Å²) in [6, 6.07) is 0.837. The van der Waals surface area contributed by atoms with Crippen molar-refractivity contribution in [2.75, 3.05) is 4.72 Å². The number of carboxylic acid groups (broad SMARTS) is 1. The van der Waals surface area contributed by atoms with E-state index >= 15 is 0 Å². The summed E-state index contributed by atoms with van der Waals surface area (Å²) < 4.78 is 31.9. The Kier molecular flexibility index (Phi) is 3.50. The molecule has 3 rings (SSSR count). The molecule has 1 saturated carbocycles. The maximum absolute atomic E-state index is 12.2. The first-order valence-corrected chi connectivity index (χ1v) is 8.85. The number of sulfonamides is 1. The van der Waals surface area contributed by atoms with Crippen molar-refractivity contribution >= 4 is 49.3 Å².